The third kappa shape index (κ3) is 50.9. The van der Waals surface area contributed by atoms with Crippen LogP contribution < -0.4 is 0 Å². The summed E-state index contributed by atoms with van der Waals surface area (Å²) in [6, 6.07) is 0. The monoisotopic (exact) mass is 1010 g/mol. The molecule has 2 N–H and O–H groups in total. The maximum Gasteiger partial charge on any atom is 0.472 e. The Hall–Kier alpha value is -2.04. The van der Waals surface area contributed by atoms with Crippen LogP contribution in [-0.2, 0) is 42.2 Å². The number of unbranched alkanes of at least 4 members (excludes halogenated alkanes) is 34. The molecule has 0 aromatic heterocycles. The van der Waals surface area contributed by atoms with Gasteiger partial charge in [0.05, 0.1) is 19.8 Å². The summed E-state index contributed by atoms with van der Waals surface area (Å²) < 4.78 is 39.5. The van der Waals surface area contributed by atoms with Crippen LogP contribution >= 0.6 is 7.82 Å². The molecule has 0 bridgehead atoms. The number of aliphatic hydroxyl groups is 1. The van der Waals surface area contributed by atoms with Gasteiger partial charge in [-0.25, -0.2) is 4.57 Å². The van der Waals surface area contributed by atoms with Crippen molar-refractivity contribution in [3.8, 4) is 0 Å². The number of phosphoric acid groups is 1. The van der Waals surface area contributed by atoms with E-state index in [0.717, 1.165) is 70.6 Å². The molecule has 412 valence electrons. The van der Waals surface area contributed by atoms with Crippen LogP contribution in [0.15, 0.2) is 24.3 Å². The molecule has 0 aromatic rings. The van der Waals surface area contributed by atoms with E-state index in [2.05, 4.69) is 45.1 Å². The van der Waals surface area contributed by atoms with Gasteiger partial charge in [0.15, 0.2) is 6.10 Å². The van der Waals surface area contributed by atoms with Crippen molar-refractivity contribution in [3.63, 3.8) is 0 Å². The first-order valence-electron chi connectivity index (χ1n) is 29.2. The van der Waals surface area contributed by atoms with Crippen LogP contribution in [0.5, 0.6) is 0 Å². The first-order valence-corrected chi connectivity index (χ1v) is 30.7. The minimum atomic E-state index is -4.74. The molecular formula is C58H109O11P. The van der Waals surface area contributed by atoms with Crippen molar-refractivity contribution in [2.45, 2.75) is 303 Å². The van der Waals surface area contributed by atoms with Crippen LogP contribution in [0.2, 0.25) is 0 Å². The largest absolute Gasteiger partial charge is 0.472 e. The zero-order valence-corrected chi connectivity index (χ0v) is 46.4. The minimum absolute atomic E-state index is 0.174. The third-order valence-electron chi connectivity index (χ3n) is 12.9. The van der Waals surface area contributed by atoms with Crippen LogP contribution in [0.1, 0.15) is 290 Å². The first-order chi connectivity index (χ1) is 34.2. The van der Waals surface area contributed by atoms with E-state index >= 15 is 0 Å². The smallest absolute Gasteiger partial charge is 0.462 e. The van der Waals surface area contributed by atoms with Crippen molar-refractivity contribution in [2.75, 3.05) is 26.4 Å². The van der Waals surface area contributed by atoms with Gasteiger partial charge in [-0.15, -0.1) is 0 Å². The van der Waals surface area contributed by atoms with Crippen LogP contribution in [0.3, 0.4) is 0 Å². The molecule has 3 atom stereocenters. The van der Waals surface area contributed by atoms with Gasteiger partial charge in [-0.3, -0.25) is 23.4 Å². The van der Waals surface area contributed by atoms with Crippen molar-refractivity contribution < 1.29 is 52.2 Å². The van der Waals surface area contributed by atoms with E-state index in [9.17, 15) is 28.9 Å². The molecule has 0 fully saturated rings. The third-order valence-corrected chi connectivity index (χ3v) is 13.8. The molecule has 12 heteroatoms. The highest BCUT2D eigenvalue weighted by Gasteiger charge is 2.28. The highest BCUT2D eigenvalue weighted by molar-refractivity contribution is 7.47. The Balaban J connectivity index is 4.66. The van der Waals surface area contributed by atoms with Gasteiger partial charge in [0.25, 0.3) is 0 Å². The fourth-order valence-electron chi connectivity index (χ4n) is 8.39. The van der Waals surface area contributed by atoms with Crippen molar-refractivity contribution in [2.24, 2.45) is 0 Å². The molecule has 0 saturated heterocycles. The Kier molecular flexibility index (Phi) is 51.7. The van der Waals surface area contributed by atoms with Gasteiger partial charge in [0, 0.05) is 19.3 Å². The number of allylic oxidation sites excluding steroid dienone is 4. The van der Waals surface area contributed by atoms with Gasteiger partial charge in [-0.05, 0) is 51.4 Å². The zero-order valence-electron chi connectivity index (χ0n) is 45.5. The molecule has 3 unspecified atom stereocenters. The molecule has 70 heavy (non-hydrogen) atoms. The molecule has 11 nitrogen and oxygen atoms in total. The number of ether oxygens (including phenoxy) is 3. The van der Waals surface area contributed by atoms with Gasteiger partial charge >= 0.3 is 25.7 Å². The summed E-state index contributed by atoms with van der Waals surface area (Å²) in [4.78, 5) is 48.5. The molecule has 0 aromatic carbocycles. The standard InChI is InChI=1S/C58H109O11P/c1-4-7-10-13-16-19-22-24-25-26-27-28-29-31-33-35-38-41-44-47-56(60)65-51-55(69-58(62)49-46-43-40-37-34-30-23-20-17-14-11-8-5-2)53-67-70(63,64)66-52-54(50-59)68-57(61)48-45-42-39-36-32-21-18-15-12-9-6-3/h16,19,24-25,54-55,59H,4-15,17-18,20-23,26-53H2,1-3H3,(H,63,64)/b19-16-,25-24-. The molecule has 0 spiro atoms. The summed E-state index contributed by atoms with van der Waals surface area (Å²) in [7, 11) is -4.74. The minimum Gasteiger partial charge on any atom is -0.462 e. The van der Waals surface area contributed by atoms with Gasteiger partial charge in [0.1, 0.15) is 12.7 Å². The van der Waals surface area contributed by atoms with Crippen molar-refractivity contribution >= 4 is 25.7 Å². The predicted molar refractivity (Wildman–Crippen MR) is 289 cm³/mol. The molecule has 0 saturated carbocycles. The number of hydrogen-bond donors (Lipinski definition) is 2. The molecule has 0 rings (SSSR count). The molecule has 0 heterocycles. The lowest BCUT2D eigenvalue weighted by Crippen LogP contribution is -2.30. The number of carbonyl (C=O) groups is 3. The fraction of sp³-hybridized carbons (Fsp3) is 0.879. The van der Waals surface area contributed by atoms with Crippen molar-refractivity contribution in [1.29, 1.82) is 0 Å². The van der Waals surface area contributed by atoms with Gasteiger partial charge in [0.2, 0.25) is 0 Å². The van der Waals surface area contributed by atoms with E-state index in [1.165, 1.54) is 161 Å². The van der Waals surface area contributed by atoms with Gasteiger partial charge in [-0.2, -0.15) is 0 Å². The van der Waals surface area contributed by atoms with E-state index in [4.69, 9.17) is 23.3 Å². The van der Waals surface area contributed by atoms with E-state index in [0.29, 0.717) is 19.3 Å². The first kappa shape index (κ1) is 68.0. The van der Waals surface area contributed by atoms with Gasteiger partial charge in [-0.1, -0.05) is 244 Å². The summed E-state index contributed by atoms with van der Waals surface area (Å²) in [6.07, 6.45) is 52.8. The number of aliphatic hydroxyl groups excluding tert-OH is 1. The lowest BCUT2D eigenvalue weighted by atomic mass is 10.0. The fourth-order valence-corrected chi connectivity index (χ4v) is 9.17. The number of rotatable bonds is 55. The molecule has 0 aliphatic heterocycles. The summed E-state index contributed by atoms with van der Waals surface area (Å²) in [6.45, 7) is 4.65. The Morgan fingerprint density at radius 2 is 0.700 bits per heavy atom. The van der Waals surface area contributed by atoms with E-state index in [-0.39, 0.29) is 25.9 Å². The normalized spacial score (nSPS) is 13.5. The van der Waals surface area contributed by atoms with Crippen LogP contribution in [0, 0.1) is 0 Å². The van der Waals surface area contributed by atoms with Crippen LogP contribution in [0.4, 0.5) is 0 Å². The highest BCUT2D eigenvalue weighted by atomic mass is 31.2. The quantitative estimate of drug-likeness (QED) is 0.0197. The highest BCUT2D eigenvalue weighted by Crippen LogP contribution is 2.43. The van der Waals surface area contributed by atoms with Crippen LogP contribution in [0.25, 0.3) is 0 Å². The summed E-state index contributed by atoms with van der Waals surface area (Å²) in [5.41, 5.74) is 0. The van der Waals surface area contributed by atoms with E-state index < -0.39 is 57.8 Å². The van der Waals surface area contributed by atoms with E-state index in [1.54, 1.807) is 0 Å². The number of phosphoric ester groups is 1. The topological polar surface area (TPSA) is 155 Å². The molecular weight excluding hydrogens is 904 g/mol. The average molecular weight is 1010 g/mol. The second-order valence-corrected chi connectivity index (χ2v) is 21.3. The number of hydrogen-bond acceptors (Lipinski definition) is 10. The predicted octanol–water partition coefficient (Wildman–Crippen LogP) is 17.0. The Labute approximate surface area is 429 Å². The maximum absolute atomic E-state index is 12.9. The number of esters is 3. The Bertz CT molecular complexity index is 1270. The van der Waals surface area contributed by atoms with Crippen LogP contribution in [-0.4, -0.2) is 66.5 Å². The molecule has 0 aliphatic rings. The molecule has 0 aliphatic carbocycles. The Morgan fingerprint density at radius 1 is 0.400 bits per heavy atom. The Morgan fingerprint density at radius 3 is 1.09 bits per heavy atom. The lowest BCUT2D eigenvalue weighted by molar-refractivity contribution is -0.161. The molecule has 0 amide bonds. The van der Waals surface area contributed by atoms with Crippen molar-refractivity contribution in [1.82, 2.24) is 0 Å². The summed E-state index contributed by atoms with van der Waals surface area (Å²) in [5, 5.41) is 9.79. The van der Waals surface area contributed by atoms with Crippen molar-refractivity contribution in [3.05, 3.63) is 24.3 Å². The van der Waals surface area contributed by atoms with E-state index in [1.807, 2.05) is 0 Å². The maximum atomic E-state index is 12.9. The average Bonchev–Trinajstić information content (AvgIpc) is 3.35. The summed E-state index contributed by atoms with van der Waals surface area (Å²) in [5.74, 6) is -1.44. The summed E-state index contributed by atoms with van der Waals surface area (Å²) >= 11 is 0. The second kappa shape index (κ2) is 53.3. The zero-order chi connectivity index (χ0) is 51.3. The van der Waals surface area contributed by atoms with Gasteiger partial charge < -0.3 is 24.2 Å². The lowest BCUT2D eigenvalue weighted by Gasteiger charge is -2.21. The SMILES string of the molecule is CCCCC/C=C\C/C=C\CCCCCCCCCCCC(=O)OCC(COP(=O)(O)OCC(CO)OC(=O)CCCCCCCCCCCCC)OC(=O)CCCCCCCCCCCCCCC. The number of carbonyl (C=O) groups excluding carboxylic acids is 3. The molecule has 0 radical (unpaired) electrons. The second-order valence-electron chi connectivity index (χ2n) is 19.8.